The maximum atomic E-state index is 14.4. The van der Waals surface area contributed by atoms with Crippen LogP contribution in [0.25, 0.3) is 0 Å². The molecule has 0 radical (unpaired) electrons. The number of nitrogens with zero attached hydrogens (tertiary/aromatic N) is 1. The number of hydrogen-bond donors (Lipinski definition) is 1. The van der Waals surface area contributed by atoms with Crippen molar-refractivity contribution in [2.75, 3.05) is 16.8 Å². The Kier molecular flexibility index (Phi) is 2.86. The molecular weight excluding hydrogens is 258 g/mol. The minimum absolute atomic E-state index is 0.318. The molecule has 3 unspecified atom stereocenters. The van der Waals surface area contributed by atoms with E-state index in [1.165, 1.54) is 31.7 Å². The third-order valence-corrected chi connectivity index (χ3v) is 5.35. The van der Waals surface area contributed by atoms with Gasteiger partial charge in [-0.2, -0.15) is 0 Å². The van der Waals surface area contributed by atoms with E-state index < -0.39 is 11.6 Å². The Bertz CT molecular complexity index is 531. The van der Waals surface area contributed by atoms with Crippen LogP contribution in [0.15, 0.2) is 12.1 Å². The van der Waals surface area contributed by atoms with Gasteiger partial charge in [-0.3, -0.25) is 0 Å². The molecule has 20 heavy (non-hydrogen) atoms. The van der Waals surface area contributed by atoms with Gasteiger partial charge in [0.05, 0.1) is 5.69 Å². The van der Waals surface area contributed by atoms with Crippen molar-refractivity contribution in [3.05, 3.63) is 23.8 Å². The lowest BCUT2D eigenvalue weighted by Crippen LogP contribution is -2.57. The summed E-state index contributed by atoms with van der Waals surface area (Å²) < 4.78 is 28.0. The molecule has 1 aliphatic carbocycles. The molecule has 108 valence electrons. The molecule has 0 aromatic heterocycles. The summed E-state index contributed by atoms with van der Waals surface area (Å²) >= 11 is 0. The fourth-order valence-electron chi connectivity index (χ4n) is 4.42. The van der Waals surface area contributed by atoms with E-state index >= 15 is 0 Å². The van der Waals surface area contributed by atoms with Gasteiger partial charge >= 0.3 is 0 Å². The van der Waals surface area contributed by atoms with E-state index in [-0.39, 0.29) is 0 Å². The largest absolute Gasteiger partial charge is 0.381 e. The lowest BCUT2D eigenvalue weighted by Gasteiger charge is -2.52. The van der Waals surface area contributed by atoms with E-state index in [9.17, 15) is 8.78 Å². The van der Waals surface area contributed by atoms with Gasteiger partial charge in [0.25, 0.3) is 0 Å². The highest BCUT2D eigenvalue weighted by atomic mass is 19.2. The molecule has 1 N–H and O–H groups in total. The minimum Gasteiger partial charge on any atom is -0.381 e. The Morgan fingerprint density at radius 1 is 1.05 bits per heavy atom. The zero-order valence-electron chi connectivity index (χ0n) is 11.5. The Morgan fingerprint density at radius 2 is 1.90 bits per heavy atom. The maximum Gasteiger partial charge on any atom is 0.184 e. The molecule has 0 amide bonds. The van der Waals surface area contributed by atoms with Crippen LogP contribution in [0, 0.1) is 17.6 Å². The summed E-state index contributed by atoms with van der Waals surface area (Å²) in [5, 5.41) is 3.28. The van der Waals surface area contributed by atoms with Gasteiger partial charge in [0.15, 0.2) is 11.6 Å². The zero-order chi connectivity index (χ0) is 13.7. The molecule has 1 aromatic rings. The second-order valence-electron chi connectivity index (χ2n) is 6.39. The van der Waals surface area contributed by atoms with Crippen molar-refractivity contribution in [3.8, 4) is 0 Å². The van der Waals surface area contributed by atoms with Crippen molar-refractivity contribution in [2.24, 2.45) is 5.92 Å². The van der Waals surface area contributed by atoms with Crippen molar-refractivity contribution in [3.63, 3.8) is 0 Å². The van der Waals surface area contributed by atoms with Crippen LogP contribution in [0.4, 0.5) is 20.2 Å². The predicted octanol–water partition coefficient (Wildman–Crippen LogP) is 3.92. The molecule has 1 aromatic carbocycles. The molecule has 1 saturated heterocycles. The first kappa shape index (κ1) is 12.4. The third-order valence-electron chi connectivity index (χ3n) is 5.35. The SMILES string of the molecule is Fc1ccc2c(c1F)N1C(CCC3CCCCC31)CN2. The standard InChI is InChI=1S/C16H20F2N2/c17-12-7-8-13-16(15(12)18)20-11(9-19-13)6-5-10-3-1-2-4-14(10)20/h7-8,10-11,14,19H,1-6,9H2. The highest BCUT2D eigenvalue weighted by Crippen LogP contribution is 2.45. The van der Waals surface area contributed by atoms with Crippen molar-refractivity contribution in [2.45, 2.75) is 50.6 Å². The van der Waals surface area contributed by atoms with Crippen molar-refractivity contribution < 1.29 is 8.78 Å². The summed E-state index contributed by atoms with van der Waals surface area (Å²) in [6.45, 7) is 0.849. The summed E-state index contributed by atoms with van der Waals surface area (Å²) in [7, 11) is 0. The molecule has 1 saturated carbocycles. The minimum atomic E-state index is -0.732. The Labute approximate surface area is 118 Å². The summed E-state index contributed by atoms with van der Waals surface area (Å²) in [5.41, 5.74) is 1.24. The average molecular weight is 278 g/mol. The summed E-state index contributed by atoms with van der Waals surface area (Å²) in [5.74, 6) is -0.747. The average Bonchev–Trinajstić information content (AvgIpc) is 2.50. The summed E-state index contributed by atoms with van der Waals surface area (Å²) in [6, 6.07) is 3.62. The van der Waals surface area contributed by atoms with Gasteiger partial charge in [-0.15, -0.1) is 0 Å². The van der Waals surface area contributed by atoms with Gasteiger partial charge in [0.2, 0.25) is 0 Å². The van der Waals surface area contributed by atoms with E-state index in [0.29, 0.717) is 23.7 Å². The fourth-order valence-corrected chi connectivity index (χ4v) is 4.42. The van der Waals surface area contributed by atoms with E-state index in [4.69, 9.17) is 0 Å². The van der Waals surface area contributed by atoms with Crippen LogP contribution >= 0.6 is 0 Å². The van der Waals surface area contributed by atoms with Crippen LogP contribution in [-0.2, 0) is 0 Å². The molecule has 0 spiro atoms. The molecular formula is C16H20F2N2. The molecule has 2 aliphatic heterocycles. The van der Waals surface area contributed by atoms with Gasteiger partial charge in [-0.25, -0.2) is 8.78 Å². The molecule has 4 heteroatoms. The van der Waals surface area contributed by atoms with E-state index in [1.54, 1.807) is 6.07 Å². The van der Waals surface area contributed by atoms with Crippen LogP contribution in [-0.4, -0.2) is 18.6 Å². The Balaban J connectivity index is 1.80. The zero-order valence-corrected chi connectivity index (χ0v) is 11.5. The molecule has 3 aliphatic rings. The number of anilines is 2. The molecule has 2 nitrogen and oxygen atoms in total. The number of piperidine rings is 1. The molecule has 4 rings (SSSR count). The summed E-state index contributed by atoms with van der Waals surface area (Å²) in [4.78, 5) is 2.22. The van der Waals surface area contributed by atoms with Gasteiger partial charge < -0.3 is 10.2 Å². The number of fused-ring (bicyclic) bond motifs is 5. The van der Waals surface area contributed by atoms with E-state index in [2.05, 4.69) is 10.2 Å². The number of nitrogens with one attached hydrogen (secondary N) is 1. The van der Waals surface area contributed by atoms with Crippen LogP contribution in [0.2, 0.25) is 0 Å². The first-order valence-electron chi connectivity index (χ1n) is 7.76. The smallest absolute Gasteiger partial charge is 0.184 e. The first-order valence-corrected chi connectivity index (χ1v) is 7.76. The maximum absolute atomic E-state index is 14.4. The molecule has 2 fully saturated rings. The monoisotopic (exact) mass is 278 g/mol. The second kappa shape index (κ2) is 4.61. The lowest BCUT2D eigenvalue weighted by molar-refractivity contribution is 0.213. The van der Waals surface area contributed by atoms with E-state index in [0.717, 1.165) is 25.1 Å². The van der Waals surface area contributed by atoms with Gasteiger partial charge in [0.1, 0.15) is 5.69 Å². The van der Waals surface area contributed by atoms with Crippen LogP contribution in [0.3, 0.4) is 0 Å². The van der Waals surface area contributed by atoms with Gasteiger partial charge in [0, 0.05) is 18.6 Å². The van der Waals surface area contributed by atoms with E-state index in [1.807, 2.05) is 0 Å². The fraction of sp³-hybridized carbons (Fsp3) is 0.625. The Morgan fingerprint density at radius 3 is 2.80 bits per heavy atom. The molecule has 3 atom stereocenters. The van der Waals surface area contributed by atoms with Crippen LogP contribution in [0.1, 0.15) is 38.5 Å². The Hall–Kier alpha value is -1.32. The highest BCUT2D eigenvalue weighted by Gasteiger charge is 2.42. The molecule has 2 heterocycles. The highest BCUT2D eigenvalue weighted by molar-refractivity contribution is 5.74. The van der Waals surface area contributed by atoms with Crippen molar-refractivity contribution in [1.82, 2.24) is 0 Å². The normalized spacial score (nSPS) is 31.9. The van der Waals surface area contributed by atoms with Gasteiger partial charge in [-0.05, 0) is 43.7 Å². The number of halogens is 2. The molecule has 0 bridgehead atoms. The third kappa shape index (κ3) is 1.73. The number of benzene rings is 1. The van der Waals surface area contributed by atoms with Crippen LogP contribution < -0.4 is 10.2 Å². The summed E-state index contributed by atoms with van der Waals surface area (Å²) in [6.07, 6.45) is 7.19. The van der Waals surface area contributed by atoms with Crippen molar-refractivity contribution >= 4 is 11.4 Å². The van der Waals surface area contributed by atoms with Crippen molar-refractivity contribution in [1.29, 1.82) is 0 Å². The quantitative estimate of drug-likeness (QED) is 0.774. The first-order chi connectivity index (χ1) is 9.75. The topological polar surface area (TPSA) is 15.3 Å². The number of rotatable bonds is 0. The van der Waals surface area contributed by atoms with Gasteiger partial charge in [-0.1, -0.05) is 12.8 Å². The predicted molar refractivity (Wildman–Crippen MR) is 76.1 cm³/mol. The lowest BCUT2D eigenvalue weighted by atomic mass is 9.75. The second-order valence-corrected chi connectivity index (χ2v) is 6.39. The van der Waals surface area contributed by atoms with Crippen LogP contribution in [0.5, 0.6) is 0 Å². The number of hydrogen-bond acceptors (Lipinski definition) is 2.